The zero-order chi connectivity index (χ0) is 8.43. The second kappa shape index (κ2) is 3.02. The second-order valence-corrected chi connectivity index (χ2v) is 2.54. The molecule has 0 unspecified atom stereocenters. The van der Waals surface area contributed by atoms with Gasteiger partial charge in [0.25, 0.3) is 0 Å². The van der Waals surface area contributed by atoms with Crippen molar-refractivity contribution in [3.05, 3.63) is 0 Å². The first kappa shape index (κ1) is 8.23. The van der Waals surface area contributed by atoms with Crippen LogP contribution in [0, 0.1) is 5.92 Å². The molecule has 1 aliphatic rings. The minimum absolute atomic E-state index is 0.0460. The van der Waals surface area contributed by atoms with Crippen molar-refractivity contribution in [3.8, 4) is 0 Å². The van der Waals surface area contributed by atoms with Gasteiger partial charge in [-0.25, -0.2) is 13.6 Å². The summed E-state index contributed by atoms with van der Waals surface area (Å²) in [7, 11) is 0. The van der Waals surface area contributed by atoms with Crippen molar-refractivity contribution in [3.63, 3.8) is 0 Å². The first-order valence-electron chi connectivity index (χ1n) is 3.32. The van der Waals surface area contributed by atoms with Crippen molar-refractivity contribution in [1.29, 1.82) is 0 Å². The Kier molecular flexibility index (Phi) is 2.26. The topological polar surface area (TPSA) is 38.3 Å². The Bertz CT molecular complexity index is 163. The number of halogens is 2. The molecule has 1 aliphatic heterocycles. The standard InChI is InChI=1S/C6H9F2NO2/c1-3(5(7)8)4-2-11-6(10)9-4/h3-5H,2H2,1H3,(H,9,10)/t3-,4-/m1/s1. The fraction of sp³-hybridized carbons (Fsp3) is 0.833. The Morgan fingerprint density at radius 3 is 2.73 bits per heavy atom. The normalized spacial score (nSPS) is 26.5. The molecule has 0 aliphatic carbocycles. The van der Waals surface area contributed by atoms with Crippen LogP contribution in [-0.4, -0.2) is 25.2 Å². The summed E-state index contributed by atoms with van der Waals surface area (Å²) in [6.07, 6.45) is -3.02. The maximum Gasteiger partial charge on any atom is 0.407 e. The van der Waals surface area contributed by atoms with Crippen LogP contribution in [0.25, 0.3) is 0 Å². The van der Waals surface area contributed by atoms with E-state index in [4.69, 9.17) is 0 Å². The van der Waals surface area contributed by atoms with Gasteiger partial charge >= 0.3 is 6.09 Å². The van der Waals surface area contributed by atoms with Gasteiger partial charge < -0.3 is 10.1 Å². The molecule has 0 spiro atoms. The third-order valence-corrected chi connectivity index (χ3v) is 1.73. The zero-order valence-electron chi connectivity index (χ0n) is 6.01. The lowest BCUT2D eigenvalue weighted by atomic mass is 10.0. The van der Waals surface area contributed by atoms with Crippen molar-refractivity contribution in [2.24, 2.45) is 5.92 Å². The largest absolute Gasteiger partial charge is 0.447 e. The number of hydrogen-bond donors (Lipinski definition) is 1. The Morgan fingerprint density at radius 1 is 1.73 bits per heavy atom. The van der Waals surface area contributed by atoms with Crippen LogP contribution in [-0.2, 0) is 4.74 Å². The van der Waals surface area contributed by atoms with Crippen molar-refractivity contribution in [2.45, 2.75) is 19.4 Å². The molecular weight excluding hydrogens is 156 g/mol. The van der Waals surface area contributed by atoms with Crippen molar-refractivity contribution < 1.29 is 18.3 Å². The lowest BCUT2D eigenvalue weighted by Gasteiger charge is -2.14. The molecule has 0 bridgehead atoms. The van der Waals surface area contributed by atoms with Crippen molar-refractivity contribution in [2.75, 3.05) is 6.61 Å². The molecule has 0 saturated carbocycles. The number of hydrogen-bond acceptors (Lipinski definition) is 2. The summed E-state index contributed by atoms with van der Waals surface area (Å²) in [4.78, 5) is 10.4. The monoisotopic (exact) mass is 165 g/mol. The van der Waals surface area contributed by atoms with E-state index in [2.05, 4.69) is 10.1 Å². The summed E-state index contributed by atoms with van der Waals surface area (Å²) in [6, 6.07) is -0.539. The lowest BCUT2D eigenvalue weighted by molar-refractivity contribution is 0.0655. The van der Waals surface area contributed by atoms with Gasteiger partial charge in [-0.2, -0.15) is 0 Å². The first-order valence-corrected chi connectivity index (χ1v) is 3.32. The smallest absolute Gasteiger partial charge is 0.407 e. The number of carbonyl (C=O) groups is 1. The third-order valence-electron chi connectivity index (χ3n) is 1.73. The van der Waals surface area contributed by atoms with Gasteiger partial charge in [0, 0.05) is 5.92 Å². The molecule has 64 valence electrons. The first-order chi connectivity index (χ1) is 5.11. The Labute approximate surface area is 62.7 Å². The van der Waals surface area contributed by atoms with Gasteiger partial charge in [-0.05, 0) is 0 Å². The van der Waals surface area contributed by atoms with E-state index in [1.54, 1.807) is 0 Å². The highest BCUT2D eigenvalue weighted by atomic mass is 19.3. The Morgan fingerprint density at radius 2 is 2.36 bits per heavy atom. The molecule has 11 heavy (non-hydrogen) atoms. The lowest BCUT2D eigenvalue weighted by Crippen LogP contribution is -2.36. The van der Waals surface area contributed by atoms with Gasteiger partial charge in [-0.15, -0.1) is 0 Å². The number of alkyl halides is 2. The molecule has 0 aromatic rings. The molecule has 1 heterocycles. The number of carbonyl (C=O) groups excluding carboxylic acids is 1. The summed E-state index contributed by atoms with van der Waals surface area (Å²) in [5.74, 6) is -0.846. The van der Waals surface area contributed by atoms with E-state index in [0.717, 1.165) is 0 Å². The molecule has 1 saturated heterocycles. The van der Waals surface area contributed by atoms with E-state index in [-0.39, 0.29) is 6.61 Å². The van der Waals surface area contributed by atoms with Crippen LogP contribution in [0.1, 0.15) is 6.92 Å². The van der Waals surface area contributed by atoms with Crippen LogP contribution in [0.15, 0.2) is 0 Å². The molecule has 2 atom stereocenters. The molecule has 1 amide bonds. The highest BCUT2D eigenvalue weighted by Crippen LogP contribution is 2.16. The zero-order valence-corrected chi connectivity index (χ0v) is 6.01. The number of amides is 1. The molecule has 1 rings (SSSR count). The van der Waals surface area contributed by atoms with Gasteiger partial charge in [-0.3, -0.25) is 0 Å². The van der Waals surface area contributed by atoms with E-state index in [1.165, 1.54) is 6.92 Å². The Balaban J connectivity index is 2.43. The minimum Gasteiger partial charge on any atom is -0.447 e. The van der Waals surface area contributed by atoms with Gasteiger partial charge in [0.1, 0.15) is 6.61 Å². The van der Waals surface area contributed by atoms with E-state index in [0.29, 0.717) is 0 Å². The summed E-state index contributed by atoms with van der Waals surface area (Å²) in [5, 5.41) is 2.29. The van der Waals surface area contributed by atoms with E-state index in [9.17, 15) is 13.6 Å². The quantitative estimate of drug-likeness (QED) is 0.662. The van der Waals surface area contributed by atoms with Crippen molar-refractivity contribution in [1.82, 2.24) is 5.32 Å². The molecule has 1 N–H and O–H groups in total. The van der Waals surface area contributed by atoms with Crippen LogP contribution in [0.2, 0.25) is 0 Å². The molecule has 3 nitrogen and oxygen atoms in total. The maximum atomic E-state index is 12.0. The molecule has 0 aromatic heterocycles. The average molecular weight is 165 g/mol. The third kappa shape index (κ3) is 1.78. The predicted octanol–water partition coefficient (Wildman–Crippen LogP) is 0.996. The highest BCUT2D eigenvalue weighted by Gasteiger charge is 2.32. The summed E-state index contributed by atoms with van der Waals surface area (Å²) < 4.78 is 28.5. The fourth-order valence-electron chi connectivity index (χ4n) is 0.859. The van der Waals surface area contributed by atoms with Crippen LogP contribution in [0.3, 0.4) is 0 Å². The fourth-order valence-corrected chi connectivity index (χ4v) is 0.859. The second-order valence-electron chi connectivity index (χ2n) is 2.54. The highest BCUT2D eigenvalue weighted by molar-refractivity contribution is 5.69. The van der Waals surface area contributed by atoms with Crippen LogP contribution < -0.4 is 5.32 Å². The molecule has 1 fully saturated rings. The van der Waals surface area contributed by atoms with Crippen LogP contribution >= 0.6 is 0 Å². The molecule has 0 radical (unpaired) electrons. The summed E-state index contributed by atoms with van der Waals surface area (Å²) >= 11 is 0. The van der Waals surface area contributed by atoms with Crippen LogP contribution in [0.4, 0.5) is 13.6 Å². The number of cyclic esters (lactones) is 1. The van der Waals surface area contributed by atoms with Crippen LogP contribution in [0.5, 0.6) is 0 Å². The predicted molar refractivity (Wildman–Crippen MR) is 33.4 cm³/mol. The molecule has 5 heteroatoms. The van der Waals surface area contributed by atoms with Gasteiger partial charge in [0.2, 0.25) is 6.43 Å². The average Bonchev–Trinajstić information content (AvgIpc) is 2.34. The number of alkyl carbamates (subject to hydrolysis) is 1. The summed E-state index contributed by atoms with van der Waals surface area (Å²) in [5.41, 5.74) is 0. The van der Waals surface area contributed by atoms with Gasteiger partial charge in [0.05, 0.1) is 6.04 Å². The van der Waals surface area contributed by atoms with E-state index in [1.807, 2.05) is 0 Å². The number of nitrogens with one attached hydrogen (secondary N) is 1. The van der Waals surface area contributed by atoms with E-state index >= 15 is 0 Å². The number of rotatable bonds is 2. The maximum absolute atomic E-state index is 12.0. The molecular formula is C6H9F2NO2. The molecule has 0 aromatic carbocycles. The van der Waals surface area contributed by atoms with Gasteiger partial charge in [0.15, 0.2) is 0 Å². The van der Waals surface area contributed by atoms with E-state index < -0.39 is 24.5 Å². The minimum atomic E-state index is -2.41. The number of ether oxygens (including phenoxy) is 1. The SMILES string of the molecule is C[C@@H](C(F)F)[C@H]1COC(=O)N1. The van der Waals surface area contributed by atoms with Crippen molar-refractivity contribution >= 4 is 6.09 Å². The summed E-state index contributed by atoms with van der Waals surface area (Å²) in [6.45, 7) is 1.43. The van der Waals surface area contributed by atoms with Gasteiger partial charge in [-0.1, -0.05) is 6.92 Å². The Hall–Kier alpha value is -0.870.